The van der Waals surface area contributed by atoms with Crippen molar-refractivity contribution in [3.05, 3.63) is 11.6 Å². The van der Waals surface area contributed by atoms with Gasteiger partial charge in [-0.05, 0) is 61.7 Å². The molecule has 5 nitrogen and oxygen atoms in total. The van der Waals surface area contributed by atoms with Crippen LogP contribution in [0, 0.1) is 28.6 Å². The molecule has 4 rings (SSSR count). The smallest absolute Gasteiger partial charge is 0.303 e. The van der Waals surface area contributed by atoms with Crippen LogP contribution in [0.4, 0.5) is 0 Å². The van der Waals surface area contributed by atoms with Gasteiger partial charge in [0, 0.05) is 25.7 Å². The van der Waals surface area contributed by atoms with Crippen LogP contribution in [0.25, 0.3) is 0 Å². The molecule has 0 N–H and O–H groups in total. The molecule has 7 atom stereocenters. The molecular weight excluding hydrogens is 356 g/mol. The van der Waals surface area contributed by atoms with Crippen LogP contribution in [0.1, 0.15) is 72.6 Å². The van der Waals surface area contributed by atoms with Crippen LogP contribution in [0.3, 0.4) is 0 Å². The first-order valence-electron chi connectivity index (χ1n) is 10.7. The average Bonchev–Trinajstić information content (AvgIpc) is 2.86. The zero-order valence-electron chi connectivity index (χ0n) is 17.5. The van der Waals surface area contributed by atoms with Gasteiger partial charge in [0.15, 0.2) is 11.9 Å². The molecule has 0 saturated heterocycles. The normalized spacial score (nSPS) is 44.6. The number of carbonyl (C=O) groups excluding carboxylic acids is 3. The first kappa shape index (κ1) is 19.7. The molecule has 4 aliphatic rings. The third kappa shape index (κ3) is 2.93. The summed E-state index contributed by atoms with van der Waals surface area (Å²) in [4.78, 5) is 35.9. The number of carbonyl (C=O) groups is 3. The van der Waals surface area contributed by atoms with E-state index in [1.54, 1.807) is 0 Å². The third-order valence-electron chi connectivity index (χ3n) is 8.41. The Kier molecular flexibility index (Phi) is 4.71. The van der Waals surface area contributed by atoms with Crippen LogP contribution in [-0.2, 0) is 23.9 Å². The van der Waals surface area contributed by atoms with Crippen molar-refractivity contribution in [2.45, 2.75) is 84.8 Å². The number of ketones is 1. The maximum absolute atomic E-state index is 13.0. The van der Waals surface area contributed by atoms with Crippen molar-refractivity contribution in [3.8, 4) is 0 Å². The summed E-state index contributed by atoms with van der Waals surface area (Å²) >= 11 is 0. The number of hydrogen-bond acceptors (Lipinski definition) is 5. The summed E-state index contributed by atoms with van der Waals surface area (Å²) in [7, 11) is 0. The van der Waals surface area contributed by atoms with Crippen LogP contribution < -0.4 is 0 Å². The van der Waals surface area contributed by atoms with E-state index in [4.69, 9.17) is 9.47 Å². The maximum Gasteiger partial charge on any atom is 0.303 e. The highest BCUT2D eigenvalue weighted by molar-refractivity contribution is 5.92. The minimum atomic E-state index is -0.566. The van der Waals surface area contributed by atoms with E-state index in [-0.39, 0.29) is 40.6 Å². The predicted octanol–water partition coefficient (Wildman–Crippen LogP) is 3.99. The number of ether oxygens (including phenoxy) is 2. The van der Waals surface area contributed by atoms with Crippen molar-refractivity contribution in [3.63, 3.8) is 0 Å². The number of allylic oxidation sites excluding steroid dienone is 1. The van der Waals surface area contributed by atoms with Crippen LogP contribution in [0.2, 0.25) is 0 Å². The van der Waals surface area contributed by atoms with Gasteiger partial charge >= 0.3 is 11.9 Å². The van der Waals surface area contributed by atoms with Gasteiger partial charge in [0.05, 0.1) is 0 Å². The molecule has 154 valence electrons. The fourth-order valence-electron chi connectivity index (χ4n) is 7.03. The summed E-state index contributed by atoms with van der Waals surface area (Å²) in [5.41, 5.74) is 1.21. The van der Waals surface area contributed by atoms with Crippen molar-refractivity contribution in [2.24, 2.45) is 28.6 Å². The number of Topliss-reactive ketones (excluding diaryl/α,β-unsaturated/α-hetero) is 1. The zero-order valence-corrected chi connectivity index (χ0v) is 17.5. The molecule has 0 bridgehead atoms. The van der Waals surface area contributed by atoms with Crippen LogP contribution in [0.5, 0.6) is 0 Å². The summed E-state index contributed by atoms with van der Waals surface area (Å²) in [6.07, 6.45) is 8.16. The van der Waals surface area contributed by atoms with E-state index in [1.165, 1.54) is 19.4 Å². The third-order valence-corrected chi connectivity index (χ3v) is 8.41. The minimum Gasteiger partial charge on any atom is -0.462 e. The quantitative estimate of drug-likeness (QED) is 0.528. The lowest BCUT2D eigenvalue weighted by Gasteiger charge is -2.56. The monoisotopic (exact) mass is 388 g/mol. The van der Waals surface area contributed by atoms with Gasteiger partial charge < -0.3 is 9.47 Å². The van der Waals surface area contributed by atoms with E-state index in [2.05, 4.69) is 19.9 Å². The summed E-state index contributed by atoms with van der Waals surface area (Å²) < 4.78 is 10.9. The molecular formula is C23H32O5. The molecule has 0 aromatic heterocycles. The summed E-state index contributed by atoms with van der Waals surface area (Å²) in [5, 5.41) is 0. The van der Waals surface area contributed by atoms with Crippen LogP contribution in [-0.4, -0.2) is 29.9 Å². The van der Waals surface area contributed by atoms with Crippen molar-refractivity contribution < 1.29 is 23.9 Å². The molecule has 4 aliphatic carbocycles. The summed E-state index contributed by atoms with van der Waals surface area (Å²) in [5.74, 6) is 0.861. The SMILES string of the molecule is CC(=O)O[C@H]1CC[C@@]2(C)C(=CC[C@@H]3[C@@H]2CC[C@]2(C)C(=O)[C@@H](OC(C)=O)C[C@@H]32)C1. The summed E-state index contributed by atoms with van der Waals surface area (Å²) in [6.45, 7) is 7.35. The Morgan fingerprint density at radius 2 is 1.68 bits per heavy atom. The van der Waals surface area contributed by atoms with E-state index in [0.717, 1.165) is 38.5 Å². The van der Waals surface area contributed by atoms with Gasteiger partial charge in [-0.25, -0.2) is 0 Å². The Balaban J connectivity index is 1.58. The standard InChI is InChI=1S/C23H32O5/c1-13(24)27-16-7-9-22(3)15(11-16)5-6-17-18(22)8-10-23(4)19(17)12-20(21(23)26)28-14(2)25/h5,16-20H,6-12H2,1-4H3/t16-,17+,18-,19-,20-,22-,23-/m0/s1. The van der Waals surface area contributed by atoms with E-state index in [0.29, 0.717) is 18.3 Å². The lowest BCUT2D eigenvalue weighted by Crippen LogP contribution is -2.50. The second-order valence-corrected chi connectivity index (χ2v) is 9.89. The van der Waals surface area contributed by atoms with Gasteiger partial charge in [-0.15, -0.1) is 0 Å². The highest BCUT2D eigenvalue weighted by Gasteiger charge is 2.62. The molecule has 0 heterocycles. The van der Waals surface area contributed by atoms with Crippen molar-refractivity contribution in [2.75, 3.05) is 0 Å². The average molecular weight is 389 g/mol. The van der Waals surface area contributed by atoms with Crippen molar-refractivity contribution in [1.82, 2.24) is 0 Å². The lowest BCUT2D eigenvalue weighted by molar-refractivity contribution is -0.153. The Labute approximate surface area is 167 Å². The number of esters is 2. The Hall–Kier alpha value is -1.65. The highest BCUT2D eigenvalue weighted by Crippen LogP contribution is 2.64. The molecule has 0 aromatic carbocycles. The molecule has 0 radical (unpaired) electrons. The van der Waals surface area contributed by atoms with E-state index < -0.39 is 6.10 Å². The van der Waals surface area contributed by atoms with Gasteiger partial charge in [0.2, 0.25) is 0 Å². The molecule has 0 amide bonds. The van der Waals surface area contributed by atoms with Crippen LogP contribution >= 0.6 is 0 Å². The number of rotatable bonds is 2. The predicted molar refractivity (Wildman–Crippen MR) is 103 cm³/mol. The van der Waals surface area contributed by atoms with Gasteiger partial charge in [0.25, 0.3) is 0 Å². The van der Waals surface area contributed by atoms with Crippen molar-refractivity contribution >= 4 is 17.7 Å². The maximum atomic E-state index is 13.0. The van der Waals surface area contributed by atoms with E-state index in [9.17, 15) is 14.4 Å². The molecule has 5 heteroatoms. The molecule has 0 unspecified atom stereocenters. The van der Waals surface area contributed by atoms with Crippen molar-refractivity contribution in [1.29, 1.82) is 0 Å². The van der Waals surface area contributed by atoms with E-state index >= 15 is 0 Å². The number of hydrogen-bond donors (Lipinski definition) is 0. The largest absolute Gasteiger partial charge is 0.462 e. The molecule has 0 aromatic rings. The van der Waals surface area contributed by atoms with Gasteiger partial charge in [0.1, 0.15) is 6.10 Å². The lowest BCUT2D eigenvalue weighted by atomic mass is 9.48. The van der Waals surface area contributed by atoms with Crippen LogP contribution in [0.15, 0.2) is 11.6 Å². The van der Waals surface area contributed by atoms with Gasteiger partial charge in [-0.3, -0.25) is 14.4 Å². The van der Waals surface area contributed by atoms with Gasteiger partial charge in [-0.1, -0.05) is 25.5 Å². The topological polar surface area (TPSA) is 69.7 Å². The van der Waals surface area contributed by atoms with Gasteiger partial charge in [-0.2, -0.15) is 0 Å². The second kappa shape index (κ2) is 6.70. The minimum absolute atomic E-state index is 0.00337. The molecule has 3 fully saturated rings. The fraction of sp³-hybridized carbons (Fsp3) is 0.783. The molecule has 28 heavy (non-hydrogen) atoms. The molecule has 3 saturated carbocycles. The summed E-state index contributed by atoms with van der Waals surface area (Å²) in [6, 6.07) is 0. The molecule has 0 aliphatic heterocycles. The second-order valence-electron chi connectivity index (χ2n) is 9.89. The first-order valence-corrected chi connectivity index (χ1v) is 10.7. The Bertz CT molecular complexity index is 739. The molecule has 0 spiro atoms. The first-order chi connectivity index (χ1) is 13.1. The zero-order chi connectivity index (χ0) is 20.3. The van der Waals surface area contributed by atoms with E-state index in [1.807, 2.05) is 0 Å². The number of fused-ring (bicyclic) bond motifs is 5. The highest BCUT2D eigenvalue weighted by atomic mass is 16.5. The fourth-order valence-corrected chi connectivity index (χ4v) is 7.03. The Morgan fingerprint density at radius 1 is 1.00 bits per heavy atom. The Morgan fingerprint density at radius 3 is 2.36 bits per heavy atom.